The third-order valence-corrected chi connectivity index (χ3v) is 5.77. The maximum Gasteiger partial charge on any atom is 0.228 e. The van der Waals surface area contributed by atoms with Crippen molar-refractivity contribution in [3.8, 4) is 5.75 Å². The van der Waals surface area contributed by atoms with E-state index >= 15 is 0 Å². The zero-order valence-corrected chi connectivity index (χ0v) is 16.4. The zero-order chi connectivity index (χ0) is 19.4. The van der Waals surface area contributed by atoms with Crippen LogP contribution in [0.3, 0.4) is 0 Å². The maximum atomic E-state index is 13.3. The van der Waals surface area contributed by atoms with Gasteiger partial charge in [-0.15, -0.1) is 0 Å². The molecule has 2 N–H and O–H groups in total. The van der Waals surface area contributed by atoms with Gasteiger partial charge >= 0.3 is 0 Å². The van der Waals surface area contributed by atoms with E-state index in [0.717, 1.165) is 30.6 Å². The molecule has 2 heterocycles. The summed E-state index contributed by atoms with van der Waals surface area (Å²) in [5.74, 6) is 0.727. The fraction of sp³-hybridized carbons (Fsp3) is 0.619. The third-order valence-electron chi connectivity index (χ3n) is 5.77. The first-order valence-electron chi connectivity index (χ1n) is 10.0. The van der Waals surface area contributed by atoms with Crippen LogP contribution in [-0.2, 0) is 9.59 Å². The van der Waals surface area contributed by atoms with Crippen LogP contribution in [-0.4, -0.2) is 54.4 Å². The molecule has 27 heavy (non-hydrogen) atoms. The van der Waals surface area contributed by atoms with Crippen molar-refractivity contribution in [1.29, 1.82) is 0 Å². The number of para-hydroxylation sites is 1. The highest BCUT2D eigenvalue weighted by Gasteiger charge is 2.43. The van der Waals surface area contributed by atoms with Crippen molar-refractivity contribution in [3.05, 3.63) is 29.8 Å². The molecule has 0 spiro atoms. The average Bonchev–Trinajstić information content (AvgIpc) is 3.12. The molecular weight excluding hydrogens is 342 g/mol. The van der Waals surface area contributed by atoms with Gasteiger partial charge in [-0.2, -0.15) is 0 Å². The van der Waals surface area contributed by atoms with Crippen molar-refractivity contribution in [3.63, 3.8) is 0 Å². The molecule has 2 aliphatic heterocycles. The first-order valence-corrected chi connectivity index (χ1v) is 10.0. The van der Waals surface area contributed by atoms with Gasteiger partial charge in [0, 0.05) is 37.7 Å². The second-order valence-electron chi connectivity index (χ2n) is 7.61. The normalized spacial score (nSPS) is 25.7. The van der Waals surface area contributed by atoms with Crippen molar-refractivity contribution in [2.45, 2.75) is 51.1 Å². The van der Waals surface area contributed by atoms with Crippen molar-refractivity contribution < 1.29 is 14.3 Å². The predicted octanol–water partition coefficient (Wildman–Crippen LogP) is 2.33. The SMILES string of the molecule is CCCCN1C(=O)CCC(C(=O)N2CCC(N)C2)C1c1ccccc1OC. The van der Waals surface area contributed by atoms with E-state index in [1.165, 1.54) is 0 Å². The number of ether oxygens (including phenoxy) is 1. The predicted molar refractivity (Wildman–Crippen MR) is 104 cm³/mol. The largest absolute Gasteiger partial charge is 0.496 e. The van der Waals surface area contributed by atoms with E-state index in [9.17, 15) is 9.59 Å². The van der Waals surface area contributed by atoms with Gasteiger partial charge in [0.05, 0.1) is 19.1 Å². The Morgan fingerprint density at radius 2 is 2.07 bits per heavy atom. The van der Waals surface area contributed by atoms with E-state index in [1.807, 2.05) is 34.1 Å². The highest BCUT2D eigenvalue weighted by atomic mass is 16.5. The summed E-state index contributed by atoms with van der Waals surface area (Å²) in [7, 11) is 1.64. The maximum absolute atomic E-state index is 13.3. The van der Waals surface area contributed by atoms with E-state index in [-0.39, 0.29) is 29.8 Å². The second kappa shape index (κ2) is 8.74. The molecule has 3 atom stereocenters. The van der Waals surface area contributed by atoms with Gasteiger partial charge in [0.1, 0.15) is 5.75 Å². The van der Waals surface area contributed by atoms with E-state index in [2.05, 4.69) is 6.92 Å². The van der Waals surface area contributed by atoms with Gasteiger partial charge in [-0.25, -0.2) is 0 Å². The van der Waals surface area contributed by atoms with Crippen LogP contribution >= 0.6 is 0 Å². The number of rotatable bonds is 6. The van der Waals surface area contributed by atoms with Crippen LogP contribution in [0.5, 0.6) is 5.75 Å². The number of unbranched alkanes of at least 4 members (excludes halogenated alkanes) is 1. The highest BCUT2D eigenvalue weighted by Crippen LogP contribution is 2.41. The average molecular weight is 373 g/mol. The van der Waals surface area contributed by atoms with Crippen molar-refractivity contribution in [1.82, 2.24) is 9.80 Å². The fourth-order valence-corrected chi connectivity index (χ4v) is 4.32. The summed E-state index contributed by atoms with van der Waals surface area (Å²) in [6.45, 7) is 4.09. The van der Waals surface area contributed by atoms with E-state index in [0.29, 0.717) is 32.5 Å². The Bertz CT molecular complexity index is 678. The smallest absolute Gasteiger partial charge is 0.228 e. The van der Waals surface area contributed by atoms with Crippen LogP contribution < -0.4 is 10.5 Å². The van der Waals surface area contributed by atoms with Gasteiger partial charge in [-0.1, -0.05) is 31.5 Å². The van der Waals surface area contributed by atoms with E-state index < -0.39 is 0 Å². The Balaban J connectivity index is 1.96. The molecule has 0 saturated carbocycles. The summed E-state index contributed by atoms with van der Waals surface area (Å²) >= 11 is 0. The lowest BCUT2D eigenvalue weighted by atomic mass is 9.82. The molecule has 3 rings (SSSR count). The Labute approximate surface area is 161 Å². The van der Waals surface area contributed by atoms with Crippen LogP contribution in [0, 0.1) is 5.92 Å². The van der Waals surface area contributed by atoms with Gasteiger partial charge in [-0.05, 0) is 25.3 Å². The molecule has 6 nitrogen and oxygen atoms in total. The molecule has 1 aromatic carbocycles. The monoisotopic (exact) mass is 373 g/mol. The first-order chi connectivity index (χ1) is 13.1. The highest BCUT2D eigenvalue weighted by molar-refractivity contribution is 5.85. The topological polar surface area (TPSA) is 75.9 Å². The van der Waals surface area contributed by atoms with Crippen molar-refractivity contribution in [2.24, 2.45) is 11.7 Å². The summed E-state index contributed by atoms with van der Waals surface area (Å²) in [5, 5.41) is 0. The first kappa shape index (κ1) is 19.7. The molecule has 0 aromatic heterocycles. The molecule has 0 bridgehead atoms. The molecule has 2 aliphatic rings. The van der Waals surface area contributed by atoms with Gasteiger partial charge in [0.25, 0.3) is 0 Å². The second-order valence-corrected chi connectivity index (χ2v) is 7.61. The zero-order valence-electron chi connectivity index (χ0n) is 16.4. The summed E-state index contributed by atoms with van der Waals surface area (Å²) < 4.78 is 5.57. The minimum absolute atomic E-state index is 0.0556. The van der Waals surface area contributed by atoms with Crippen LogP contribution in [0.2, 0.25) is 0 Å². The Morgan fingerprint density at radius 3 is 2.74 bits per heavy atom. The van der Waals surface area contributed by atoms with Crippen LogP contribution in [0.4, 0.5) is 0 Å². The van der Waals surface area contributed by atoms with Gasteiger partial charge in [0.2, 0.25) is 11.8 Å². The lowest BCUT2D eigenvalue weighted by Gasteiger charge is -2.42. The Hall–Kier alpha value is -2.08. The molecule has 3 unspecified atom stereocenters. The summed E-state index contributed by atoms with van der Waals surface area (Å²) in [5.41, 5.74) is 6.94. The van der Waals surface area contributed by atoms with Crippen molar-refractivity contribution >= 4 is 11.8 Å². The Morgan fingerprint density at radius 1 is 1.30 bits per heavy atom. The van der Waals surface area contributed by atoms with E-state index in [1.54, 1.807) is 7.11 Å². The van der Waals surface area contributed by atoms with Crippen molar-refractivity contribution in [2.75, 3.05) is 26.7 Å². The number of carbonyl (C=O) groups excluding carboxylic acids is 2. The number of methoxy groups -OCH3 is 1. The lowest BCUT2D eigenvalue weighted by molar-refractivity contribution is -0.147. The number of carbonyl (C=O) groups is 2. The molecule has 1 aromatic rings. The fourth-order valence-electron chi connectivity index (χ4n) is 4.32. The lowest BCUT2D eigenvalue weighted by Crippen LogP contribution is -2.49. The molecule has 2 saturated heterocycles. The van der Waals surface area contributed by atoms with Gasteiger partial charge < -0.3 is 20.3 Å². The number of hydrogen-bond donors (Lipinski definition) is 1. The molecule has 0 radical (unpaired) electrons. The standard InChI is InChI=1S/C21H31N3O3/c1-3-4-12-24-19(25)10-9-17(21(26)23-13-11-15(22)14-23)20(24)16-7-5-6-8-18(16)27-2/h5-8,15,17,20H,3-4,9-14,22H2,1-2H3. The van der Waals surface area contributed by atoms with Gasteiger partial charge in [-0.3, -0.25) is 9.59 Å². The summed E-state index contributed by atoms with van der Waals surface area (Å²) in [6, 6.07) is 7.52. The van der Waals surface area contributed by atoms with Gasteiger partial charge in [0.15, 0.2) is 0 Å². The Kier molecular flexibility index (Phi) is 6.37. The number of piperidine rings is 1. The molecular formula is C21H31N3O3. The summed E-state index contributed by atoms with van der Waals surface area (Å²) in [6.07, 6.45) is 3.77. The molecule has 2 amide bonds. The van der Waals surface area contributed by atoms with Crippen LogP contribution in [0.25, 0.3) is 0 Å². The molecule has 148 valence electrons. The van der Waals surface area contributed by atoms with Crippen LogP contribution in [0.15, 0.2) is 24.3 Å². The van der Waals surface area contributed by atoms with E-state index in [4.69, 9.17) is 10.5 Å². The van der Waals surface area contributed by atoms with Crippen LogP contribution in [0.1, 0.15) is 50.6 Å². The third kappa shape index (κ3) is 4.10. The number of amides is 2. The minimum Gasteiger partial charge on any atom is -0.496 e. The number of benzene rings is 1. The number of nitrogens with zero attached hydrogens (tertiary/aromatic N) is 2. The summed E-state index contributed by atoms with van der Waals surface area (Å²) in [4.78, 5) is 29.9. The molecule has 6 heteroatoms. The number of likely N-dealkylation sites (tertiary alicyclic amines) is 2. The number of hydrogen-bond acceptors (Lipinski definition) is 4. The molecule has 0 aliphatic carbocycles. The number of nitrogens with two attached hydrogens (primary N) is 1. The molecule has 2 fully saturated rings. The quantitative estimate of drug-likeness (QED) is 0.830. The minimum atomic E-state index is -0.279.